The Kier molecular flexibility index (Phi) is 3.49. The molecule has 2 unspecified atom stereocenters. The van der Waals surface area contributed by atoms with E-state index in [1.54, 1.807) is 6.33 Å². The Morgan fingerprint density at radius 1 is 1.18 bits per heavy atom. The first-order valence-corrected chi connectivity index (χ1v) is 7.66. The zero-order valence-corrected chi connectivity index (χ0v) is 12.1. The summed E-state index contributed by atoms with van der Waals surface area (Å²) >= 11 is 2.36. The molecule has 1 saturated carbocycles. The highest BCUT2D eigenvalue weighted by Gasteiger charge is 2.34. The molecule has 0 N–H and O–H groups in total. The van der Waals surface area contributed by atoms with Crippen LogP contribution in [0.3, 0.4) is 0 Å². The van der Waals surface area contributed by atoms with Gasteiger partial charge in [-0.3, -0.25) is 0 Å². The smallest absolute Gasteiger partial charge is 0.145 e. The lowest BCUT2D eigenvalue weighted by atomic mass is 9.78. The third kappa shape index (κ3) is 2.28. The second-order valence-corrected chi connectivity index (χ2v) is 6.30. The number of halogens is 1. The molecule has 2 fully saturated rings. The van der Waals surface area contributed by atoms with Gasteiger partial charge < -0.3 is 4.90 Å². The van der Waals surface area contributed by atoms with Crippen LogP contribution in [-0.4, -0.2) is 22.6 Å². The third-order valence-corrected chi connectivity index (χ3v) is 4.92. The van der Waals surface area contributed by atoms with E-state index in [4.69, 9.17) is 0 Å². The van der Waals surface area contributed by atoms with E-state index in [9.17, 15) is 0 Å². The summed E-state index contributed by atoms with van der Waals surface area (Å²) in [5.74, 6) is 2.07. The highest BCUT2D eigenvalue weighted by Crippen LogP contribution is 2.37. The van der Waals surface area contributed by atoms with Gasteiger partial charge in [-0.2, -0.15) is 0 Å². The summed E-state index contributed by atoms with van der Waals surface area (Å²) in [4.78, 5) is 11.2. The molecule has 3 rings (SSSR count). The van der Waals surface area contributed by atoms with E-state index in [0.717, 1.165) is 17.8 Å². The normalized spacial score (nSPS) is 28.9. The van der Waals surface area contributed by atoms with Gasteiger partial charge in [-0.05, 0) is 54.2 Å². The van der Waals surface area contributed by atoms with Gasteiger partial charge in [0.2, 0.25) is 0 Å². The number of hydrogen-bond acceptors (Lipinski definition) is 3. The fraction of sp³-hybridized carbons (Fsp3) is 0.692. The van der Waals surface area contributed by atoms with Crippen molar-refractivity contribution < 1.29 is 0 Å². The Balaban J connectivity index is 1.88. The molecule has 92 valence electrons. The first kappa shape index (κ1) is 11.7. The zero-order valence-electron chi connectivity index (χ0n) is 9.98. The number of rotatable bonds is 1. The van der Waals surface area contributed by atoms with Crippen LogP contribution in [0.15, 0.2) is 12.5 Å². The number of nitrogens with zero attached hydrogens (tertiary/aromatic N) is 3. The maximum Gasteiger partial charge on any atom is 0.145 e. The molecule has 2 atom stereocenters. The Morgan fingerprint density at radius 2 is 2.00 bits per heavy atom. The molecule has 0 radical (unpaired) electrons. The lowest BCUT2D eigenvalue weighted by Gasteiger charge is -2.45. The predicted octanol–water partition coefficient (Wildman–Crippen LogP) is 3.24. The van der Waals surface area contributed by atoms with Crippen LogP contribution < -0.4 is 4.90 Å². The summed E-state index contributed by atoms with van der Waals surface area (Å²) in [6.07, 6.45) is 11.9. The van der Waals surface area contributed by atoms with Crippen molar-refractivity contribution in [3.63, 3.8) is 0 Å². The van der Waals surface area contributed by atoms with Crippen LogP contribution in [0.25, 0.3) is 0 Å². The van der Waals surface area contributed by atoms with Gasteiger partial charge in [-0.15, -0.1) is 0 Å². The lowest BCUT2D eigenvalue weighted by molar-refractivity contribution is 0.242. The van der Waals surface area contributed by atoms with E-state index in [2.05, 4.69) is 37.5 Å². The Labute approximate surface area is 116 Å². The Morgan fingerprint density at radius 3 is 2.88 bits per heavy atom. The molecule has 2 aliphatic rings. The van der Waals surface area contributed by atoms with Gasteiger partial charge >= 0.3 is 0 Å². The molecule has 1 aliphatic heterocycles. The maximum atomic E-state index is 4.50. The van der Waals surface area contributed by atoms with Crippen molar-refractivity contribution in [2.45, 2.75) is 44.6 Å². The number of aromatic nitrogens is 2. The molecule has 0 bridgehead atoms. The fourth-order valence-corrected chi connectivity index (χ4v) is 4.02. The van der Waals surface area contributed by atoms with Crippen LogP contribution >= 0.6 is 22.6 Å². The van der Waals surface area contributed by atoms with E-state index in [1.165, 1.54) is 48.6 Å². The zero-order chi connectivity index (χ0) is 11.7. The van der Waals surface area contributed by atoms with Crippen LogP contribution in [0.2, 0.25) is 0 Å². The minimum atomic E-state index is 0.737. The Hall–Kier alpha value is -0.390. The van der Waals surface area contributed by atoms with Crippen molar-refractivity contribution in [1.82, 2.24) is 9.97 Å². The van der Waals surface area contributed by atoms with Crippen LogP contribution in [0.5, 0.6) is 0 Å². The van der Waals surface area contributed by atoms with Crippen LogP contribution in [0.4, 0.5) is 5.82 Å². The summed E-state index contributed by atoms with van der Waals surface area (Å²) in [5.41, 5.74) is 0. The standard InChI is InChI=1S/C13H18IN3/c14-11-8-15-9-16-13(11)17-7-3-5-10-4-1-2-6-12(10)17/h8-10,12H,1-7H2. The molecule has 1 aromatic rings. The molecule has 0 aromatic carbocycles. The summed E-state index contributed by atoms with van der Waals surface area (Å²) in [6, 6.07) is 0.737. The average Bonchev–Trinajstić information content (AvgIpc) is 2.39. The molecule has 1 saturated heterocycles. The van der Waals surface area contributed by atoms with Gasteiger partial charge in [0.25, 0.3) is 0 Å². The van der Waals surface area contributed by atoms with Crippen molar-refractivity contribution >= 4 is 28.4 Å². The van der Waals surface area contributed by atoms with Gasteiger partial charge in [0, 0.05) is 18.8 Å². The molecule has 1 aliphatic carbocycles. The summed E-state index contributed by atoms with van der Waals surface area (Å²) in [7, 11) is 0. The second kappa shape index (κ2) is 5.08. The van der Waals surface area contributed by atoms with E-state index in [0.29, 0.717) is 0 Å². The first-order valence-electron chi connectivity index (χ1n) is 6.58. The van der Waals surface area contributed by atoms with Gasteiger partial charge in [0.15, 0.2) is 0 Å². The molecular weight excluding hydrogens is 325 g/mol. The van der Waals surface area contributed by atoms with E-state index < -0.39 is 0 Å². The van der Waals surface area contributed by atoms with Gasteiger partial charge in [0.05, 0.1) is 3.57 Å². The second-order valence-electron chi connectivity index (χ2n) is 5.14. The van der Waals surface area contributed by atoms with Crippen molar-refractivity contribution in [3.8, 4) is 0 Å². The largest absolute Gasteiger partial charge is 0.352 e. The van der Waals surface area contributed by atoms with Crippen molar-refractivity contribution in [1.29, 1.82) is 0 Å². The van der Waals surface area contributed by atoms with Gasteiger partial charge in [0.1, 0.15) is 12.1 Å². The molecule has 1 aromatic heterocycles. The molecule has 2 heterocycles. The van der Waals surface area contributed by atoms with E-state index >= 15 is 0 Å². The molecule has 0 spiro atoms. The highest BCUT2D eigenvalue weighted by molar-refractivity contribution is 14.1. The van der Waals surface area contributed by atoms with E-state index in [-0.39, 0.29) is 0 Å². The number of piperidine rings is 1. The number of hydrogen-bond donors (Lipinski definition) is 0. The van der Waals surface area contributed by atoms with Crippen molar-refractivity contribution in [2.24, 2.45) is 5.92 Å². The molecule has 17 heavy (non-hydrogen) atoms. The number of anilines is 1. The fourth-order valence-electron chi connectivity index (χ4n) is 3.41. The minimum absolute atomic E-state index is 0.737. The topological polar surface area (TPSA) is 29.0 Å². The number of fused-ring (bicyclic) bond motifs is 1. The van der Waals surface area contributed by atoms with Crippen LogP contribution in [0.1, 0.15) is 38.5 Å². The quantitative estimate of drug-likeness (QED) is 0.733. The summed E-state index contributed by atoms with van der Waals surface area (Å²) < 4.78 is 1.19. The van der Waals surface area contributed by atoms with Gasteiger partial charge in [-0.25, -0.2) is 9.97 Å². The first-order chi connectivity index (χ1) is 8.36. The van der Waals surface area contributed by atoms with Crippen LogP contribution in [-0.2, 0) is 0 Å². The SMILES string of the molecule is Ic1cncnc1N1CCCC2CCCCC21. The van der Waals surface area contributed by atoms with Gasteiger partial charge in [-0.1, -0.05) is 12.8 Å². The summed E-state index contributed by atoms with van der Waals surface area (Å²) in [6.45, 7) is 1.17. The maximum absolute atomic E-state index is 4.50. The molecule has 3 nitrogen and oxygen atoms in total. The average molecular weight is 343 g/mol. The molecule has 4 heteroatoms. The van der Waals surface area contributed by atoms with E-state index in [1.807, 2.05) is 6.20 Å². The monoisotopic (exact) mass is 343 g/mol. The molecular formula is C13H18IN3. The molecule has 0 amide bonds. The summed E-state index contributed by atoms with van der Waals surface area (Å²) in [5, 5.41) is 0. The predicted molar refractivity (Wildman–Crippen MR) is 77.1 cm³/mol. The minimum Gasteiger partial charge on any atom is -0.352 e. The highest BCUT2D eigenvalue weighted by atomic mass is 127. The third-order valence-electron chi connectivity index (χ3n) is 4.16. The van der Waals surface area contributed by atoms with Crippen molar-refractivity contribution in [2.75, 3.05) is 11.4 Å². The lowest BCUT2D eigenvalue weighted by Crippen LogP contribution is -2.47. The van der Waals surface area contributed by atoms with Crippen LogP contribution in [0, 0.1) is 9.49 Å². The Bertz CT molecular complexity index is 394. The van der Waals surface area contributed by atoms with Crippen molar-refractivity contribution in [3.05, 3.63) is 16.1 Å².